The average molecular weight is 412 g/mol. The fourth-order valence-corrected chi connectivity index (χ4v) is 3.45. The lowest BCUT2D eigenvalue weighted by Crippen LogP contribution is -2.08. The lowest BCUT2D eigenvalue weighted by atomic mass is 10.1. The van der Waals surface area contributed by atoms with E-state index in [1.165, 1.54) is 13.0 Å². The standard InChI is InChI=1S/C19H20N6O3S/c1-12(26)21-18-10-16(22-17-4-3-5-19(23-17)29(2,27)28)14(11-20-18)15-8-9-25(24-15)13-6-7-13/h3-5,8-11,13H,6-7H2,1-2H3,(H2,20,21,22,23,26). The molecule has 10 heteroatoms. The van der Waals surface area contributed by atoms with E-state index in [4.69, 9.17) is 0 Å². The molecule has 0 unspecified atom stereocenters. The van der Waals surface area contributed by atoms with Crippen molar-refractivity contribution in [3.63, 3.8) is 0 Å². The number of anilines is 3. The molecule has 29 heavy (non-hydrogen) atoms. The molecule has 1 fully saturated rings. The largest absolute Gasteiger partial charge is 0.339 e. The fourth-order valence-electron chi connectivity index (χ4n) is 2.86. The molecule has 0 aliphatic heterocycles. The van der Waals surface area contributed by atoms with Crippen LogP contribution in [0.25, 0.3) is 11.3 Å². The van der Waals surface area contributed by atoms with Crippen molar-refractivity contribution in [1.29, 1.82) is 0 Å². The lowest BCUT2D eigenvalue weighted by Gasteiger charge is -2.12. The summed E-state index contributed by atoms with van der Waals surface area (Å²) in [6, 6.07) is 8.73. The first-order valence-electron chi connectivity index (χ1n) is 9.07. The summed E-state index contributed by atoms with van der Waals surface area (Å²) in [5.74, 6) is 0.479. The van der Waals surface area contributed by atoms with Gasteiger partial charge in [-0.25, -0.2) is 18.4 Å². The third-order valence-corrected chi connectivity index (χ3v) is 5.37. The second-order valence-corrected chi connectivity index (χ2v) is 8.93. The molecule has 1 aliphatic carbocycles. The van der Waals surface area contributed by atoms with Gasteiger partial charge in [-0.15, -0.1) is 0 Å². The van der Waals surface area contributed by atoms with Gasteiger partial charge in [0.05, 0.1) is 17.4 Å². The monoisotopic (exact) mass is 412 g/mol. The molecule has 0 saturated heterocycles. The van der Waals surface area contributed by atoms with Gasteiger partial charge >= 0.3 is 0 Å². The highest BCUT2D eigenvalue weighted by atomic mass is 32.2. The van der Waals surface area contributed by atoms with Crippen LogP contribution in [0.5, 0.6) is 0 Å². The Morgan fingerprint density at radius 3 is 2.69 bits per heavy atom. The highest BCUT2D eigenvalue weighted by Crippen LogP contribution is 2.36. The number of hydrogen-bond acceptors (Lipinski definition) is 7. The van der Waals surface area contributed by atoms with Crippen LogP contribution in [0.1, 0.15) is 25.8 Å². The van der Waals surface area contributed by atoms with Crippen molar-refractivity contribution in [2.45, 2.75) is 30.8 Å². The number of carbonyl (C=O) groups excluding carboxylic acids is 1. The SMILES string of the molecule is CC(=O)Nc1cc(Nc2cccc(S(C)(=O)=O)n2)c(-c2ccn(C3CC3)n2)cn1. The van der Waals surface area contributed by atoms with Gasteiger partial charge < -0.3 is 10.6 Å². The molecule has 3 aromatic rings. The summed E-state index contributed by atoms with van der Waals surface area (Å²) in [6.45, 7) is 1.40. The number of rotatable bonds is 6. The van der Waals surface area contributed by atoms with Crippen LogP contribution in [-0.4, -0.2) is 40.3 Å². The van der Waals surface area contributed by atoms with Gasteiger partial charge in [0.25, 0.3) is 0 Å². The second kappa shape index (κ2) is 7.28. The minimum absolute atomic E-state index is 0.0294. The third-order valence-electron chi connectivity index (χ3n) is 4.38. The summed E-state index contributed by atoms with van der Waals surface area (Å²) in [7, 11) is -3.44. The molecular formula is C19H20N6O3S. The van der Waals surface area contributed by atoms with Crippen LogP contribution >= 0.6 is 0 Å². The first-order chi connectivity index (χ1) is 13.8. The van der Waals surface area contributed by atoms with E-state index in [-0.39, 0.29) is 10.9 Å². The zero-order chi connectivity index (χ0) is 20.6. The van der Waals surface area contributed by atoms with Gasteiger partial charge in [0, 0.05) is 37.2 Å². The quantitative estimate of drug-likeness (QED) is 0.639. The summed E-state index contributed by atoms with van der Waals surface area (Å²) >= 11 is 0. The molecule has 1 saturated carbocycles. The molecule has 0 bridgehead atoms. The molecule has 1 amide bonds. The molecule has 3 heterocycles. The van der Waals surface area contributed by atoms with Gasteiger partial charge in [0.2, 0.25) is 5.91 Å². The van der Waals surface area contributed by atoms with Crippen molar-refractivity contribution in [2.75, 3.05) is 16.9 Å². The summed E-state index contributed by atoms with van der Waals surface area (Å²) in [6.07, 6.45) is 6.90. The Hall–Kier alpha value is -3.27. The van der Waals surface area contributed by atoms with Crippen molar-refractivity contribution >= 4 is 33.1 Å². The van der Waals surface area contributed by atoms with Gasteiger partial charge in [0.15, 0.2) is 14.9 Å². The smallest absolute Gasteiger partial charge is 0.222 e. The van der Waals surface area contributed by atoms with Crippen molar-refractivity contribution in [3.05, 3.63) is 42.7 Å². The summed E-state index contributed by atoms with van der Waals surface area (Å²) in [5.41, 5.74) is 2.04. The Balaban J connectivity index is 1.73. The molecular weight excluding hydrogens is 392 g/mol. The minimum atomic E-state index is -3.44. The van der Waals surface area contributed by atoms with Gasteiger partial charge in [-0.1, -0.05) is 6.07 Å². The van der Waals surface area contributed by atoms with Crippen molar-refractivity contribution in [3.8, 4) is 11.3 Å². The maximum Gasteiger partial charge on any atom is 0.222 e. The van der Waals surface area contributed by atoms with Crippen LogP contribution in [0, 0.1) is 0 Å². The van der Waals surface area contributed by atoms with Crippen LogP contribution in [-0.2, 0) is 14.6 Å². The van der Waals surface area contributed by atoms with Crippen LogP contribution in [0.15, 0.2) is 47.8 Å². The normalized spacial score (nSPS) is 13.9. The number of hydrogen-bond donors (Lipinski definition) is 2. The topological polar surface area (TPSA) is 119 Å². The third kappa shape index (κ3) is 4.43. The zero-order valence-electron chi connectivity index (χ0n) is 16.0. The molecule has 0 spiro atoms. The van der Waals surface area contributed by atoms with Gasteiger partial charge in [-0.05, 0) is 31.0 Å². The van der Waals surface area contributed by atoms with Crippen LogP contribution in [0.2, 0.25) is 0 Å². The Labute approximate surface area is 168 Å². The predicted octanol–water partition coefficient (Wildman–Crippen LogP) is 2.78. The van der Waals surface area contributed by atoms with E-state index in [0.29, 0.717) is 28.9 Å². The number of amides is 1. The first kappa shape index (κ1) is 19.1. The van der Waals surface area contributed by atoms with E-state index in [2.05, 4.69) is 25.7 Å². The number of sulfone groups is 1. The Morgan fingerprint density at radius 1 is 1.21 bits per heavy atom. The molecule has 0 atom stereocenters. The molecule has 4 rings (SSSR count). The van der Waals surface area contributed by atoms with E-state index in [0.717, 1.165) is 24.8 Å². The summed E-state index contributed by atoms with van der Waals surface area (Å²) in [5, 5.41) is 10.4. The van der Waals surface area contributed by atoms with Crippen LogP contribution < -0.4 is 10.6 Å². The molecule has 2 N–H and O–H groups in total. The lowest BCUT2D eigenvalue weighted by molar-refractivity contribution is -0.114. The van der Waals surface area contributed by atoms with Crippen LogP contribution in [0.3, 0.4) is 0 Å². The van der Waals surface area contributed by atoms with Crippen molar-refractivity contribution < 1.29 is 13.2 Å². The number of aromatic nitrogens is 4. The van der Waals surface area contributed by atoms with Crippen LogP contribution in [0.4, 0.5) is 17.3 Å². The van der Waals surface area contributed by atoms with Crippen molar-refractivity contribution in [2.24, 2.45) is 0 Å². The first-order valence-corrected chi connectivity index (χ1v) is 11.0. The van der Waals surface area contributed by atoms with E-state index in [9.17, 15) is 13.2 Å². The highest BCUT2D eigenvalue weighted by molar-refractivity contribution is 7.90. The second-order valence-electron chi connectivity index (χ2n) is 6.97. The van der Waals surface area contributed by atoms with Gasteiger partial charge in [-0.2, -0.15) is 5.10 Å². The van der Waals surface area contributed by atoms with Gasteiger partial charge in [0.1, 0.15) is 11.6 Å². The van der Waals surface area contributed by atoms with Crippen molar-refractivity contribution in [1.82, 2.24) is 19.7 Å². The highest BCUT2D eigenvalue weighted by Gasteiger charge is 2.25. The minimum Gasteiger partial charge on any atom is -0.339 e. The number of nitrogens with zero attached hydrogens (tertiary/aromatic N) is 4. The fraction of sp³-hybridized carbons (Fsp3) is 0.263. The Kier molecular flexibility index (Phi) is 4.79. The van der Waals surface area contributed by atoms with E-state index < -0.39 is 9.84 Å². The summed E-state index contributed by atoms with van der Waals surface area (Å²) in [4.78, 5) is 19.9. The molecule has 0 radical (unpaired) electrons. The van der Waals surface area contributed by atoms with Gasteiger partial charge in [-0.3, -0.25) is 9.48 Å². The maximum absolute atomic E-state index is 11.8. The summed E-state index contributed by atoms with van der Waals surface area (Å²) < 4.78 is 25.6. The zero-order valence-corrected chi connectivity index (χ0v) is 16.8. The molecule has 9 nitrogen and oxygen atoms in total. The van der Waals surface area contributed by atoms with E-state index >= 15 is 0 Å². The molecule has 150 valence electrons. The number of pyridine rings is 2. The van der Waals surface area contributed by atoms with E-state index in [1.807, 2.05) is 16.9 Å². The molecule has 3 aromatic heterocycles. The molecule has 1 aliphatic rings. The molecule has 0 aromatic carbocycles. The number of nitrogens with one attached hydrogen (secondary N) is 2. The Bertz CT molecular complexity index is 1180. The Morgan fingerprint density at radius 2 is 2.00 bits per heavy atom. The predicted molar refractivity (Wildman–Crippen MR) is 109 cm³/mol. The maximum atomic E-state index is 11.8. The number of carbonyl (C=O) groups is 1. The average Bonchev–Trinajstić information content (AvgIpc) is 3.39. The van der Waals surface area contributed by atoms with E-state index in [1.54, 1.807) is 24.4 Å².